The van der Waals surface area contributed by atoms with Gasteiger partial charge in [-0.3, -0.25) is 9.36 Å². The number of hydrogen-bond donors (Lipinski definition) is 2. The van der Waals surface area contributed by atoms with Gasteiger partial charge in [0.05, 0.1) is 52.1 Å². The van der Waals surface area contributed by atoms with E-state index in [9.17, 15) is 19.4 Å². The third-order valence-corrected chi connectivity index (χ3v) is 9.92. The third-order valence-electron chi connectivity index (χ3n) is 8.96. The van der Waals surface area contributed by atoms with Crippen molar-refractivity contribution in [1.82, 2.24) is 5.32 Å². The largest absolute Gasteiger partial charge is 0.756 e. The zero-order valence-electron chi connectivity index (χ0n) is 33.0. The summed E-state index contributed by atoms with van der Waals surface area (Å²) in [4.78, 5) is 25.2. The van der Waals surface area contributed by atoms with Gasteiger partial charge >= 0.3 is 0 Å². The number of rotatable bonds is 34. The van der Waals surface area contributed by atoms with Crippen molar-refractivity contribution in [3.05, 3.63) is 48.6 Å². The van der Waals surface area contributed by atoms with Crippen LogP contribution >= 0.6 is 7.82 Å². The Kier molecular flexibility index (Phi) is 27.7. The van der Waals surface area contributed by atoms with Gasteiger partial charge in [0.15, 0.2) is 0 Å². The highest BCUT2D eigenvalue weighted by molar-refractivity contribution is 7.45. The molecule has 0 spiro atoms. The molecular weight excluding hydrogens is 663 g/mol. The first-order valence-corrected chi connectivity index (χ1v) is 21.6. The Labute approximate surface area is 312 Å². The average molecular weight is 739 g/mol. The highest BCUT2D eigenvalue weighted by Gasteiger charge is 2.36. The topological polar surface area (TPSA) is 120 Å². The van der Waals surface area contributed by atoms with Crippen LogP contribution in [0.1, 0.15) is 142 Å². The van der Waals surface area contributed by atoms with E-state index in [-0.39, 0.29) is 18.9 Å². The van der Waals surface area contributed by atoms with E-state index in [2.05, 4.69) is 55.6 Å². The number of carbonyl (C=O) groups is 1. The Balaban J connectivity index is 2.40. The van der Waals surface area contributed by atoms with Gasteiger partial charge in [-0.25, -0.2) is 0 Å². The van der Waals surface area contributed by atoms with Crippen molar-refractivity contribution in [2.75, 3.05) is 40.9 Å². The first kappa shape index (κ1) is 47.4. The van der Waals surface area contributed by atoms with E-state index in [0.717, 1.165) is 44.9 Å². The van der Waals surface area contributed by atoms with Crippen molar-refractivity contribution in [3.8, 4) is 0 Å². The number of aliphatic hydroxyl groups excluding tert-OH is 1. The van der Waals surface area contributed by atoms with Crippen LogP contribution in [0, 0.1) is 0 Å². The number of carbonyl (C=O) groups excluding carboxylic acids is 1. The van der Waals surface area contributed by atoms with Gasteiger partial charge in [-0.15, -0.1) is 0 Å². The maximum Gasteiger partial charge on any atom is 0.268 e. The molecule has 1 saturated heterocycles. The van der Waals surface area contributed by atoms with Gasteiger partial charge in [0, 0.05) is 6.42 Å². The molecule has 1 amide bonds. The molecule has 9 nitrogen and oxygen atoms in total. The number of unbranched alkanes of at least 4 members (excludes halogenated alkanes) is 12. The van der Waals surface area contributed by atoms with Crippen molar-refractivity contribution in [2.24, 2.45) is 0 Å². The quantitative estimate of drug-likeness (QED) is 0.0223. The molecule has 1 rings (SSSR count). The molecule has 5 atom stereocenters. The second-order valence-electron chi connectivity index (χ2n) is 15.0. The standard InChI is InChI=1S/C41H75N2O7P/c1-6-8-10-11-12-13-14-17-20-23-27-30-38(44)37(36-49-51(46,47)48-35-34-43(3,4)5)42-41(45)33-29-25-22-19-16-15-18-21-24-28-32-40-39(50-40)31-26-9-7-2/h15,18-19,22,24,27-28,30,37-40,44H,6-14,16-17,20-21,23,25-26,29,31-36H2,1-5H3,(H-,42,45,46,47)/b18-15-,22-19-,28-24-,30-27+/t37-,38+,39?,40?/m0/s1. The molecule has 1 aliphatic rings. The third kappa shape index (κ3) is 29.6. The molecule has 0 radical (unpaired) electrons. The number of quaternary nitrogens is 1. The minimum Gasteiger partial charge on any atom is -0.756 e. The Bertz CT molecular complexity index is 1040. The molecule has 0 aromatic rings. The Hall–Kier alpha value is -1.58. The molecule has 2 N–H and O–H groups in total. The molecule has 0 aliphatic carbocycles. The average Bonchev–Trinajstić information content (AvgIpc) is 3.83. The summed E-state index contributed by atoms with van der Waals surface area (Å²) in [5.74, 6) is -0.259. The number of hydrogen-bond acceptors (Lipinski definition) is 7. The molecule has 296 valence electrons. The van der Waals surface area contributed by atoms with Crippen molar-refractivity contribution < 1.29 is 37.6 Å². The summed E-state index contributed by atoms with van der Waals surface area (Å²) in [6.07, 6.45) is 37.6. The fraction of sp³-hybridized carbons (Fsp3) is 0.780. The van der Waals surface area contributed by atoms with Gasteiger partial charge in [0.25, 0.3) is 7.82 Å². The normalized spacial score (nSPS) is 19.0. The highest BCUT2D eigenvalue weighted by atomic mass is 31.2. The minimum atomic E-state index is -4.60. The molecule has 0 aromatic carbocycles. The van der Waals surface area contributed by atoms with Crippen LogP contribution in [0.15, 0.2) is 48.6 Å². The maximum absolute atomic E-state index is 12.8. The molecule has 0 saturated carbocycles. The zero-order valence-corrected chi connectivity index (χ0v) is 33.9. The van der Waals surface area contributed by atoms with Gasteiger partial charge < -0.3 is 33.6 Å². The number of nitrogens with zero attached hydrogens (tertiary/aromatic N) is 1. The van der Waals surface area contributed by atoms with E-state index < -0.39 is 26.6 Å². The van der Waals surface area contributed by atoms with Crippen LogP contribution < -0.4 is 10.2 Å². The van der Waals surface area contributed by atoms with Crippen LogP contribution in [0.4, 0.5) is 0 Å². The molecule has 1 aliphatic heterocycles. The van der Waals surface area contributed by atoms with E-state index in [4.69, 9.17) is 13.8 Å². The lowest BCUT2D eigenvalue weighted by Gasteiger charge is -2.29. The number of nitrogens with one attached hydrogen (secondary N) is 1. The van der Waals surface area contributed by atoms with E-state index in [1.165, 1.54) is 70.6 Å². The summed E-state index contributed by atoms with van der Waals surface area (Å²) in [6, 6.07) is -0.917. The monoisotopic (exact) mass is 739 g/mol. The zero-order chi connectivity index (χ0) is 37.6. The molecule has 0 aromatic heterocycles. The summed E-state index contributed by atoms with van der Waals surface area (Å²) in [7, 11) is 1.21. The van der Waals surface area contributed by atoms with Gasteiger partial charge in [-0.1, -0.05) is 133 Å². The van der Waals surface area contributed by atoms with Crippen LogP contribution in [0.2, 0.25) is 0 Å². The second kappa shape index (κ2) is 29.8. The van der Waals surface area contributed by atoms with Gasteiger partial charge in [0.2, 0.25) is 5.91 Å². The highest BCUT2D eigenvalue weighted by Crippen LogP contribution is 2.38. The van der Waals surface area contributed by atoms with E-state index >= 15 is 0 Å². The van der Waals surface area contributed by atoms with Gasteiger partial charge in [0.1, 0.15) is 13.2 Å². The SMILES string of the molecule is CCCCCCCCCCC/C=C/[C@@H](O)[C@H](COP(=O)([O-])OCC[N+](C)(C)C)NC(=O)CCC/C=C\C/C=C\C/C=C\CC1OC1CCCCC. The van der Waals surface area contributed by atoms with E-state index in [1.54, 1.807) is 6.08 Å². The van der Waals surface area contributed by atoms with Crippen LogP contribution in [0.25, 0.3) is 0 Å². The van der Waals surface area contributed by atoms with Crippen molar-refractivity contribution in [3.63, 3.8) is 0 Å². The number of phosphoric acid groups is 1. The number of ether oxygens (including phenoxy) is 1. The Morgan fingerprint density at radius 2 is 1.39 bits per heavy atom. The lowest BCUT2D eigenvalue weighted by Crippen LogP contribution is -2.45. The molecule has 1 fully saturated rings. The first-order chi connectivity index (χ1) is 24.5. The van der Waals surface area contributed by atoms with Crippen molar-refractivity contribution >= 4 is 13.7 Å². The maximum atomic E-state index is 12.8. The first-order valence-electron chi connectivity index (χ1n) is 20.1. The van der Waals surface area contributed by atoms with Crippen LogP contribution in [-0.4, -0.2) is 80.8 Å². The number of allylic oxidation sites excluding steroid dienone is 6. The number of aliphatic hydroxyl groups is 1. The summed E-state index contributed by atoms with van der Waals surface area (Å²) in [6.45, 7) is 4.52. The molecular formula is C41H75N2O7P. The summed E-state index contributed by atoms with van der Waals surface area (Å²) in [5.41, 5.74) is 0. The second-order valence-corrected chi connectivity index (χ2v) is 16.4. The van der Waals surface area contributed by atoms with Crippen LogP contribution in [0.5, 0.6) is 0 Å². The van der Waals surface area contributed by atoms with E-state index in [0.29, 0.717) is 29.7 Å². The molecule has 10 heteroatoms. The number of likely N-dealkylation sites (N-methyl/N-ethyl adjacent to an activating group) is 1. The number of phosphoric ester groups is 1. The molecule has 1 heterocycles. The van der Waals surface area contributed by atoms with Crippen molar-refractivity contribution in [2.45, 2.75) is 167 Å². The van der Waals surface area contributed by atoms with Crippen LogP contribution in [0.3, 0.4) is 0 Å². The molecule has 3 unspecified atom stereocenters. The van der Waals surface area contributed by atoms with Gasteiger partial charge in [-0.05, 0) is 51.4 Å². The number of epoxide rings is 1. The lowest BCUT2D eigenvalue weighted by molar-refractivity contribution is -0.870. The summed E-state index contributed by atoms with van der Waals surface area (Å²) in [5, 5.41) is 13.7. The smallest absolute Gasteiger partial charge is 0.268 e. The van der Waals surface area contributed by atoms with Crippen LogP contribution in [-0.2, 0) is 23.1 Å². The fourth-order valence-electron chi connectivity index (χ4n) is 5.59. The summed E-state index contributed by atoms with van der Waals surface area (Å²) < 4.78 is 28.8. The molecule has 0 bridgehead atoms. The number of amides is 1. The van der Waals surface area contributed by atoms with Crippen molar-refractivity contribution in [1.29, 1.82) is 0 Å². The lowest BCUT2D eigenvalue weighted by atomic mass is 10.1. The van der Waals surface area contributed by atoms with Gasteiger partial charge in [-0.2, -0.15) is 0 Å². The molecule has 51 heavy (non-hydrogen) atoms. The predicted molar refractivity (Wildman–Crippen MR) is 209 cm³/mol. The minimum absolute atomic E-state index is 0.0152. The summed E-state index contributed by atoms with van der Waals surface area (Å²) >= 11 is 0. The van der Waals surface area contributed by atoms with E-state index in [1.807, 2.05) is 27.2 Å². The Morgan fingerprint density at radius 1 is 0.804 bits per heavy atom. The Morgan fingerprint density at radius 3 is 2.06 bits per heavy atom. The predicted octanol–water partition coefficient (Wildman–Crippen LogP) is 8.87. The fourth-order valence-corrected chi connectivity index (χ4v) is 6.31.